The van der Waals surface area contributed by atoms with Gasteiger partial charge in [0.2, 0.25) is 0 Å². The molecule has 0 unspecified atom stereocenters. The molecule has 47 heavy (non-hydrogen) atoms. The molecule has 0 aliphatic rings. The summed E-state index contributed by atoms with van der Waals surface area (Å²) in [5.41, 5.74) is 9.13. The highest BCUT2D eigenvalue weighted by molar-refractivity contribution is 6.17. The third-order valence-electron chi connectivity index (χ3n) is 9.34. The first kappa shape index (κ1) is 25.9. The van der Waals surface area contributed by atoms with E-state index < -0.39 is 0 Å². The van der Waals surface area contributed by atoms with Crippen molar-refractivity contribution in [3.05, 3.63) is 158 Å². The number of fused-ring (bicyclic) bond motifs is 10. The number of furan rings is 2. The molecule has 0 amide bonds. The quantitative estimate of drug-likeness (QED) is 0.201. The number of benzene rings is 7. The number of hydrogen-bond donors (Lipinski definition) is 0. The third kappa shape index (κ3) is 4.05. The molecular formula is C43H26N2O2. The Kier molecular flexibility index (Phi) is 5.54. The van der Waals surface area contributed by atoms with Gasteiger partial charge in [-0.3, -0.25) is 4.98 Å². The minimum absolute atomic E-state index is 0.907. The van der Waals surface area contributed by atoms with Gasteiger partial charge in [-0.15, -0.1) is 0 Å². The van der Waals surface area contributed by atoms with Gasteiger partial charge in [0.05, 0.1) is 0 Å². The first-order valence-corrected chi connectivity index (χ1v) is 15.8. The van der Waals surface area contributed by atoms with E-state index in [1.807, 2.05) is 48.8 Å². The number of pyridine rings is 1. The van der Waals surface area contributed by atoms with Crippen LogP contribution < -0.4 is 4.90 Å². The molecule has 220 valence electrons. The van der Waals surface area contributed by atoms with Crippen LogP contribution in [0, 0.1) is 0 Å². The predicted molar refractivity (Wildman–Crippen MR) is 194 cm³/mol. The Morgan fingerprint density at radius 2 is 0.851 bits per heavy atom. The Hall–Kier alpha value is -6.39. The second kappa shape index (κ2) is 10.1. The van der Waals surface area contributed by atoms with Crippen LogP contribution in [0.25, 0.3) is 76.5 Å². The maximum absolute atomic E-state index is 6.37. The number of rotatable bonds is 4. The van der Waals surface area contributed by atoms with E-state index in [0.29, 0.717) is 0 Å². The monoisotopic (exact) mass is 602 g/mol. The number of hydrogen-bond acceptors (Lipinski definition) is 4. The topological polar surface area (TPSA) is 42.4 Å². The number of para-hydroxylation sites is 2. The molecule has 0 fully saturated rings. The summed E-state index contributed by atoms with van der Waals surface area (Å²) in [7, 11) is 0. The molecule has 0 aliphatic heterocycles. The molecule has 0 bridgehead atoms. The van der Waals surface area contributed by atoms with Gasteiger partial charge in [0.15, 0.2) is 0 Å². The molecule has 3 heterocycles. The van der Waals surface area contributed by atoms with Crippen molar-refractivity contribution in [1.82, 2.24) is 4.98 Å². The van der Waals surface area contributed by atoms with Crippen LogP contribution in [0.4, 0.5) is 17.1 Å². The number of anilines is 3. The van der Waals surface area contributed by atoms with Crippen molar-refractivity contribution >= 4 is 82.5 Å². The molecule has 4 heteroatoms. The van der Waals surface area contributed by atoms with Crippen LogP contribution >= 0.6 is 0 Å². The number of nitrogens with zero attached hydrogens (tertiary/aromatic N) is 2. The van der Waals surface area contributed by atoms with Crippen molar-refractivity contribution in [2.24, 2.45) is 0 Å². The largest absolute Gasteiger partial charge is 0.455 e. The lowest BCUT2D eigenvalue weighted by Crippen LogP contribution is -2.10. The first-order chi connectivity index (χ1) is 23.3. The Bertz CT molecular complexity index is 2640. The molecule has 0 atom stereocenters. The van der Waals surface area contributed by atoms with Crippen LogP contribution in [0.3, 0.4) is 0 Å². The van der Waals surface area contributed by atoms with Crippen LogP contribution in [0.2, 0.25) is 0 Å². The van der Waals surface area contributed by atoms with Gasteiger partial charge in [0.1, 0.15) is 22.3 Å². The molecule has 0 radical (unpaired) electrons. The zero-order valence-electron chi connectivity index (χ0n) is 25.2. The Morgan fingerprint density at radius 1 is 0.383 bits per heavy atom. The summed E-state index contributed by atoms with van der Waals surface area (Å²) in [5.74, 6) is 0. The summed E-state index contributed by atoms with van der Waals surface area (Å²) in [6.45, 7) is 0. The van der Waals surface area contributed by atoms with Gasteiger partial charge in [0.25, 0.3) is 0 Å². The Balaban J connectivity index is 1.15. The summed E-state index contributed by atoms with van der Waals surface area (Å²) in [4.78, 5) is 6.51. The van der Waals surface area contributed by atoms with Crippen molar-refractivity contribution in [2.45, 2.75) is 0 Å². The molecule has 10 rings (SSSR count). The number of aromatic nitrogens is 1. The van der Waals surface area contributed by atoms with Gasteiger partial charge >= 0.3 is 0 Å². The van der Waals surface area contributed by atoms with Crippen molar-refractivity contribution in [3.8, 4) is 11.1 Å². The summed E-state index contributed by atoms with van der Waals surface area (Å²) >= 11 is 0. The maximum atomic E-state index is 6.37. The van der Waals surface area contributed by atoms with E-state index in [9.17, 15) is 0 Å². The van der Waals surface area contributed by atoms with Crippen molar-refractivity contribution in [3.63, 3.8) is 0 Å². The molecular weight excluding hydrogens is 576 g/mol. The molecule has 0 saturated heterocycles. The highest BCUT2D eigenvalue weighted by atomic mass is 16.3. The van der Waals surface area contributed by atoms with Crippen molar-refractivity contribution < 1.29 is 8.83 Å². The SMILES string of the molecule is c1ccc2c(c1)oc1c3ccc(N(c4ccc(-c5ccncc5)cc4)c4ccc5c(ccc6c7ccccc7oc56)c4)cc3ccc21. The van der Waals surface area contributed by atoms with Crippen molar-refractivity contribution in [2.75, 3.05) is 4.90 Å². The van der Waals surface area contributed by atoms with E-state index in [0.717, 1.165) is 93.6 Å². The summed E-state index contributed by atoms with van der Waals surface area (Å²) in [6, 6.07) is 51.3. The van der Waals surface area contributed by atoms with E-state index in [2.05, 4.69) is 119 Å². The summed E-state index contributed by atoms with van der Waals surface area (Å²) in [5, 5.41) is 8.99. The highest BCUT2D eigenvalue weighted by Gasteiger charge is 2.18. The van der Waals surface area contributed by atoms with Crippen LogP contribution in [0.5, 0.6) is 0 Å². The minimum atomic E-state index is 0.907. The van der Waals surface area contributed by atoms with E-state index in [1.165, 1.54) is 0 Å². The van der Waals surface area contributed by atoms with Gasteiger partial charge in [-0.05, 0) is 107 Å². The van der Waals surface area contributed by atoms with Crippen LogP contribution in [-0.4, -0.2) is 4.98 Å². The Labute approximate surface area is 269 Å². The van der Waals surface area contributed by atoms with Gasteiger partial charge in [-0.1, -0.05) is 60.7 Å². The van der Waals surface area contributed by atoms with Gasteiger partial charge in [0, 0.05) is 61.8 Å². The fourth-order valence-corrected chi connectivity index (χ4v) is 7.07. The standard InChI is InChI=1S/C43H26N2O2/c1-3-7-40-36(5-1)38-17-11-29-25-32(15-19-34(29)42(38)46-40)45(31-13-9-27(10-14-31)28-21-23-44-24-22-28)33-16-20-35-30(26-33)12-18-39-37-6-2-4-8-41(37)47-43(35)39/h1-26H. The van der Waals surface area contributed by atoms with Crippen LogP contribution in [0.15, 0.2) is 167 Å². The van der Waals surface area contributed by atoms with Crippen molar-refractivity contribution in [1.29, 1.82) is 0 Å². The maximum Gasteiger partial charge on any atom is 0.143 e. The fraction of sp³-hybridized carbons (Fsp3) is 0. The average molecular weight is 603 g/mol. The average Bonchev–Trinajstić information content (AvgIpc) is 3.71. The second-order valence-electron chi connectivity index (χ2n) is 12.0. The second-order valence-corrected chi connectivity index (χ2v) is 12.0. The lowest BCUT2D eigenvalue weighted by atomic mass is 10.0. The van der Waals surface area contributed by atoms with E-state index >= 15 is 0 Å². The zero-order valence-corrected chi connectivity index (χ0v) is 25.2. The van der Waals surface area contributed by atoms with E-state index in [-0.39, 0.29) is 0 Å². The lowest BCUT2D eigenvalue weighted by Gasteiger charge is -2.26. The molecule has 7 aromatic carbocycles. The van der Waals surface area contributed by atoms with Gasteiger partial charge in [-0.25, -0.2) is 0 Å². The molecule has 3 aromatic heterocycles. The van der Waals surface area contributed by atoms with Gasteiger partial charge in [-0.2, -0.15) is 0 Å². The molecule has 0 N–H and O–H groups in total. The minimum Gasteiger partial charge on any atom is -0.455 e. The zero-order chi connectivity index (χ0) is 30.9. The molecule has 4 nitrogen and oxygen atoms in total. The highest BCUT2D eigenvalue weighted by Crippen LogP contribution is 2.42. The van der Waals surface area contributed by atoms with E-state index in [4.69, 9.17) is 8.83 Å². The smallest absolute Gasteiger partial charge is 0.143 e. The van der Waals surface area contributed by atoms with Crippen LogP contribution in [-0.2, 0) is 0 Å². The molecule has 0 spiro atoms. The van der Waals surface area contributed by atoms with E-state index in [1.54, 1.807) is 0 Å². The summed E-state index contributed by atoms with van der Waals surface area (Å²) < 4.78 is 12.7. The first-order valence-electron chi connectivity index (χ1n) is 15.8. The van der Waals surface area contributed by atoms with Gasteiger partial charge < -0.3 is 13.7 Å². The fourth-order valence-electron chi connectivity index (χ4n) is 7.07. The molecule has 0 aliphatic carbocycles. The molecule has 10 aromatic rings. The normalized spacial score (nSPS) is 11.8. The lowest BCUT2D eigenvalue weighted by molar-refractivity contribution is 0.672. The third-order valence-corrected chi connectivity index (χ3v) is 9.34. The molecule has 0 saturated carbocycles. The van der Waals surface area contributed by atoms with Crippen LogP contribution in [0.1, 0.15) is 0 Å². The Morgan fingerprint density at radius 3 is 1.40 bits per heavy atom. The summed E-state index contributed by atoms with van der Waals surface area (Å²) in [6.07, 6.45) is 3.66. The predicted octanol–water partition coefficient (Wildman–Crippen LogP) is 12.3.